The average molecular weight is 424 g/mol. The fourth-order valence-corrected chi connectivity index (χ4v) is 6.83. The highest BCUT2D eigenvalue weighted by Gasteiger charge is 2.60. The quantitative estimate of drug-likeness (QED) is 0.622. The summed E-state index contributed by atoms with van der Waals surface area (Å²) in [6, 6.07) is 17.1. The maximum atomic E-state index is 13.5. The molecule has 0 spiro atoms. The smallest absolute Gasteiger partial charge is 0.230 e. The molecular formula is C24H26BrNO. The van der Waals surface area contributed by atoms with E-state index in [1.165, 1.54) is 30.4 Å². The number of amides is 1. The van der Waals surface area contributed by atoms with Crippen molar-refractivity contribution in [3.05, 3.63) is 64.1 Å². The topological polar surface area (TPSA) is 29.1 Å². The average Bonchev–Trinajstić information content (AvgIpc) is 2.63. The van der Waals surface area contributed by atoms with Gasteiger partial charge in [-0.2, -0.15) is 0 Å². The number of aryl methyl sites for hydroxylation is 1. The van der Waals surface area contributed by atoms with Gasteiger partial charge in [-0.25, -0.2) is 0 Å². The van der Waals surface area contributed by atoms with Gasteiger partial charge in [0.2, 0.25) is 5.91 Å². The van der Waals surface area contributed by atoms with Crippen molar-refractivity contribution in [1.29, 1.82) is 0 Å². The Morgan fingerprint density at radius 1 is 0.963 bits per heavy atom. The van der Waals surface area contributed by atoms with E-state index in [1.54, 1.807) is 0 Å². The standard InChI is InChI=1S/C24H26BrNO/c1-16-2-4-19(5-3-16)23-11-17-10-18(12-23)14-24(13-17,15-23)22(27)26-21-8-6-20(25)7-9-21/h2-9,17-18H,10-15H2,1H3,(H,26,27)/t17-,18+,23?,24?. The van der Waals surface area contributed by atoms with Crippen LogP contribution in [0.15, 0.2) is 53.0 Å². The first-order valence-electron chi connectivity index (χ1n) is 10.1. The second-order valence-corrected chi connectivity index (χ2v) is 10.3. The highest BCUT2D eigenvalue weighted by molar-refractivity contribution is 9.10. The van der Waals surface area contributed by atoms with Crippen molar-refractivity contribution in [3.63, 3.8) is 0 Å². The van der Waals surface area contributed by atoms with Crippen LogP contribution in [0.5, 0.6) is 0 Å². The van der Waals surface area contributed by atoms with Crippen LogP contribution in [0.4, 0.5) is 5.69 Å². The molecule has 2 aromatic rings. The van der Waals surface area contributed by atoms with Crippen LogP contribution in [-0.4, -0.2) is 5.91 Å². The summed E-state index contributed by atoms with van der Waals surface area (Å²) in [5, 5.41) is 3.24. The van der Waals surface area contributed by atoms with Gasteiger partial charge in [-0.3, -0.25) is 4.79 Å². The SMILES string of the molecule is Cc1ccc(C23C[C@@H]4C[C@@H](CC(C(=O)Nc5ccc(Br)cc5)(C4)C2)C3)cc1. The van der Waals surface area contributed by atoms with E-state index in [-0.39, 0.29) is 16.7 Å². The van der Waals surface area contributed by atoms with Crippen molar-refractivity contribution in [1.82, 2.24) is 0 Å². The Balaban J connectivity index is 1.46. The molecule has 4 bridgehead atoms. The Hall–Kier alpha value is -1.61. The molecule has 4 saturated carbocycles. The first kappa shape index (κ1) is 17.5. The van der Waals surface area contributed by atoms with Gasteiger partial charge in [0.1, 0.15) is 0 Å². The summed E-state index contributed by atoms with van der Waals surface area (Å²) < 4.78 is 1.04. The normalized spacial score (nSPS) is 33.9. The van der Waals surface area contributed by atoms with E-state index >= 15 is 0 Å². The molecule has 2 aromatic carbocycles. The summed E-state index contributed by atoms with van der Waals surface area (Å²) in [5.74, 6) is 1.64. The summed E-state index contributed by atoms with van der Waals surface area (Å²) in [5.41, 5.74) is 3.69. The minimum absolute atomic E-state index is 0.192. The second kappa shape index (κ2) is 6.20. The molecule has 0 aromatic heterocycles. The Morgan fingerprint density at radius 3 is 2.22 bits per heavy atom. The van der Waals surface area contributed by atoms with E-state index in [2.05, 4.69) is 52.4 Å². The van der Waals surface area contributed by atoms with Crippen molar-refractivity contribution in [2.75, 3.05) is 5.32 Å². The van der Waals surface area contributed by atoms with Gasteiger partial charge in [0.05, 0.1) is 5.41 Å². The maximum Gasteiger partial charge on any atom is 0.230 e. The van der Waals surface area contributed by atoms with Crippen molar-refractivity contribution in [2.45, 2.75) is 50.9 Å². The molecule has 1 N–H and O–H groups in total. The number of halogens is 1. The third kappa shape index (κ3) is 2.95. The van der Waals surface area contributed by atoms with Gasteiger partial charge in [-0.05, 0) is 92.5 Å². The zero-order valence-corrected chi connectivity index (χ0v) is 17.4. The minimum atomic E-state index is -0.192. The number of nitrogens with one attached hydrogen (secondary N) is 1. The lowest BCUT2D eigenvalue weighted by Gasteiger charge is -2.61. The van der Waals surface area contributed by atoms with Crippen LogP contribution in [0.2, 0.25) is 0 Å². The van der Waals surface area contributed by atoms with Gasteiger partial charge in [-0.15, -0.1) is 0 Å². The number of carbonyl (C=O) groups is 1. The van der Waals surface area contributed by atoms with E-state index < -0.39 is 0 Å². The molecule has 4 atom stereocenters. The number of carbonyl (C=O) groups excluding carboxylic acids is 1. The van der Waals surface area contributed by atoms with Crippen molar-refractivity contribution in [3.8, 4) is 0 Å². The summed E-state index contributed by atoms with van der Waals surface area (Å²) in [6.07, 6.45) is 7.00. The summed E-state index contributed by atoms with van der Waals surface area (Å²) in [7, 11) is 0. The number of benzene rings is 2. The zero-order chi connectivity index (χ0) is 18.6. The molecule has 0 saturated heterocycles. The molecule has 27 heavy (non-hydrogen) atoms. The lowest BCUT2D eigenvalue weighted by Crippen LogP contribution is -2.57. The first-order chi connectivity index (χ1) is 13.0. The molecule has 3 heteroatoms. The Morgan fingerprint density at radius 2 is 1.59 bits per heavy atom. The van der Waals surface area contributed by atoms with Crippen molar-refractivity contribution in [2.24, 2.45) is 17.3 Å². The van der Waals surface area contributed by atoms with Gasteiger partial charge < -0.3 is 5.32 Å². The predicted octanol–water partition coefficient (Wildman–Crippen LogP) is 6.23. The molecule has 4 fully saturated rings. The number of hydrogen-bond donors (Lipinski definition) is 1. The van der Waals surface area contributed by atoms with Crippen LogP contribution in [0.25, 0.3) is 0 Å². The van der Waals surface area contributed by atoms with Gasteiger partial charge in [0.15, 0.2) is 0 Å². The third-order valence-electron chi connectivity index (χ3n) is 7.31. The third-order valence-corrected chi connectivity index (χ3v) is 7.84. The van der Waals surface area contributed by atoms with Crippen LogP contribution in [0.3, 0.4) is 0 Å². The largest absolute Gasteiger partial charge is 0.326 e. The van der Waals surface area contributed by atoms with E-state index in [4.69, 9.17) is 0 Å². The number of anilines is 1. The molecule has 0 heterocycles. The Kier molecular flexibility index (Phi) is 4.02. The molecule has 4 aliphatic rings. The summed E-state index contributed by atoms with van der Waals surface area (Å²) in [4.78, 5) is 13.5. The predicted molar refractivity (Wildman–Crippen MR) is 113 cm³/mol. The molecular weight excluding hydrogens is 398 g/mol. The molecule has 2 nitrogen and oxygen atoms in total. The maximum absolute atomic E-state index is 13.5. The minimum Gasteiger partial charge on any atom is -0.326 e. The number of hydrogen-bond acceptors (Lipinski definition) is 1. The monoisotopic (exact) mass is 423 g/mol. The zero-order valence-electron chi connectivity index (χ0n) is 15.8. The molecule has 140 valence electrons. The molecule has 0 aliphatic heterocycles. The Labute approximate surface area is 169 Å². The van der Waals surface area contributed by atoms with E-state index in [0.29, 0.717) is 11.8 Å². The van der Waals surface area contributed by atoms with E-state index in [1.807, 2.05) is 24.3 Å². The summed E-state index contributed by atoms with van der Waals surface area (Å²) >= 11 is 3.47. The van der Waals surface area contributed by atoms with E-state index in [9.17, 15) is 4.79 Å². The van der Waals surface area contributed by atoms with Crippen molar-refractivity contribution >= 4 is 27.5 Å². The fourth-order valence-electron chi connectivity index (χ4n) is 6.57. The highest BCUT2D eigenvalue weighted by Crippen LogP contribution is 2.66. The summed E-state index contributed by atoms with van der Waals surface area (Å²) in [6.45, 7) is 2.15. The Bertz CT molecular complexity index is 856. The van der Waals surface area contributed by atoms with Crippen LogP contribution >= 0.6 is 15.9 Å². The van der Waals surface area contributed by atoms with Crippen LogP contribution in [0, 0.1) is 24.2 Å². The van der Waals surface area contributed by atoms with Gasteiger partial charge in [0.25, 0.3) is 0 Å². The lowest BCUT2D eigenvalue weighted by molar-refractivity contribution is -0.143. The molecule has 6 rings (SSSR count). The highest BCUT2D eigenvalue weighted by atomic mass is 79.9. The fraction of sp³-hybridized carbons (Fsp3) is 0.458. The second-order valence-electron chi connectivity index (χ2n) is 9.35. The molecule has 1 amide bonds. The van der Waals surface area contributed by atoms with Crippen LogP contribution < -0.4 is 5.32 Å². The van der Waals surface area contributed by atoms with Crippen LogP contribution in [0.1, 0.15) is 49.7 Å². The van der Waals surface area contributed by atoms with E-state index in [0.717, 1.165) is 29.4 Å². The molecule has 2 unspecified atom stereocenters. The molecule has 0 radical (unpaired) electrons. The van der Waals surface area contributed by atoms with Crippen molar-refractivity contribution < 1.29 is 4.79 Å². The van der Waals surface area contributed by atoms with Gasteiger partial charge >= 0.3 is 0 Å². The first-order valence-corrected chi connectivity index (χ1v) is 10.9. The van der Waals surface area contributed by atoms with Gasteiger partial charge in [0, 0.05) is 10.2 Å². The number of rotatable bonds is 3. The van der Waals surface area contributed by atoms with Gasteiger partial charge in [-0.1, -0.05) is 45.8 Å². The lowest BCUT2D eigenvalue weighted by atomic mass is 9.42. The molecule has 4 aliphatic carbocycles. The van der Waals surface area contributed by atoms with Crippen LogP contribution in [-0.2, 0) is 10.2 Å².